The minimum absolute atomic E-state index is 0.521. The molecule has 0 saturated carbocycles. The third-order valence-corrected chi connectivity index (χ3v) is 3.81. The summed E-state index contributed by atoms with van der Waals surface area (Å²) in [6.07, 6.45) is 3.46. The summed E-state index contributed by atoms with van der Waals surface area (Å²) in [5, 5.41) is 3.59. The average Bonchev–Trinajstić information content (AvgIpc) is 2.47. The second-order valence-corrected chi connectivity index (χ2v) is 5.40. The Morgan fingerprint density at radius 2 is 1.80 bits per heavy atom. The number of hydrogen-bond acceptors (Lipinski definition) is 3. The van der Waals surface area contributed by atoms with E-state index in [9.17, 15) is 0 Å². The maximum atomic E-state index is 5.38. The monoisotopic (exact) mass is 279 g/mol. The van der Waals surface area contributed by atoms with E-state index in [2.05, 4.69) is 38.2 Å². The highest BCUT2D eigenvalue weighted by Crippen LogP contribution is 2.28. The molecule has 3 nitrogen and oxygen atoms in total. The van der Waals surface area contributed by atoms with Gasteiger partial charge in [0.1, 0.15) is 0 Å². The Labute approximate surface area is 123 Å². The van der Waals surface area contributed by atoms with Gasteiger partial charge in [-0.25, -0.2) is 0 Å². The Morgan fingerprint density at radius 3 is 2.35 bits per heavy atom. The quantitative estimate of drug-likeness (QED) is 0.748. The molecule has 0 radical (unpaired) electrons. The van der Waals surface area contributed by atoms with Crippen molar-refractivity contribution in [3.63, 3.8) is 0 Å². The lowest BCUT2D eigenvalue weighted by Crippen LogP contribution is -2.32. The van der Waals surface area contributed by atoms with Crippen molar-refractivity contribution in [2.45, 2.75) is 46.1 Å². The van der Waals surface area contributed by atoms with Crippen molar-refractivity contribution >= 4 is 0 Å². The first-order valence-electron chi connectivity index (χ1n) is 7.58. The number of benzene rings is 1. The Balaban J connectivity index is 2.77. The molecule has 0 amide bonds. The van der Waals surface area contributed by atoms with Crippen LogP contribution in [-0.4, -0.2) is 26.8 Å². The summed E-state index contributed by atoms with van der Waals surface area (Å²) in [6.45, 7) is 7.75. The largest absolute Gasteiger partial charge is 0.493 e. The zero-order valence-electron chi connectivity index (χ0n) is 13.5. The van der Waals surface area contributed by atoms with Gasteiger partial charge in [-0.2, -0.15) is 0 Å². The third-order valence-electron chi connectivity index (χ3n) is 3.81. The predicted molar refractivity (Wildman–Crippen MR) is 84.8 cm³/mol. The van der Waals surface area contributed by atoms with Crippen LogP contribution in [0.15, 0.2) is 18.2 Å². The summed E-state index contributed by atoms with van der Waals surface area (Å²) in [4.78, 5) is 0. The lowest BCUT2D eigenvalue weighted by atomic mass is 9.94. The van der Waals surface area contributed by atoms with Crippen LogP contribution in [-0.2, 0) is 6.42 Å². The number of nitrogens with one attached hydrogen (secondary N) is 1. The molecule has 0 bridgehead atoms. The average molecular weight is 279 g/mol. The molecular weight excluding hydrogens is 250 g/mol. The minimum atomic E-state index is 0.521. The SMILES string of the molecule is CCNC(Cc1ccc(OC)c(OC)c1)CC(C)CC. The van der Waals surface area contributed by atoms with Crippen molar-refractivity contribution in [1.29, 1.82) is 0 Å². The molecule has 2 unspecified atom stereocenters. The molecule has 0 aliphatic rings. The van der Waals surface area contributed by atoms with Gasteiger partial charge < -0.3 is 14.8 Å². The van der Waals surface area contributed by atoms with Gasteiger partial charge in [0.2, 0.25) is 0 Å². The van der Waals surface area contributed by atoms with Gasteiger partial charge in [-0.3, -0.25) is 0 Å². The van der Waals surface area contributed by atoms with Crippen LogP contribution >= 0.6 is 0 Å². The van der Waals surface area contributed by atoms with Gasteiger partial charge >= 0.3 is 0 Å². The lowest BCUT2D eigenvalue weighted by molar-refractivity contribution is 0.353. The molecule has 0 aliphatic carbocycles. The van der Waals surface area contributed by atoms with Crippen LogP contribution < -0.4 is 14.8 Å². The number of ether oxygens (including phenoxy) is 2. The molecule has 2 atom stereocenters. The van der Waals surface area contributed by atoms with Crippen LogP contribution in [0.1, 0.15) is 39.2 Å². The van der Waals surface area contributed by atoms with Crippen LogP contribution in [0.2, 0.25) is 0 Å². The topological polar surface area (TPSA) is 30.5 Å². The van der Waals surface area contributed by atoms with Crippen LogP contribution in [0.3, 0.4) is 0 Å². The maximum Gasteiger partial charge on any atom is 0.160 e. The molecule has 0 aliphatic heterocycles. The molecule has 114 valence electrons. The smallest absolute Gasteiger partial charge is 0.160 e. The molecule has 0 aromatic heterocycles. The van der Waals surface area contributed by atoms with Crippen molar-refractivity contribution < 1.29 is 9.47 Å². The maximum absolute atomic E-state index is 5.38. The van der Waals surface area contributed by atoms with Gasteiger partial charge in [0.05, 0.1) is 14.2 Å². The molecule has 0 fully saturated rings. The molecule has 0 spiro atoms. The summed E-state index contributed by atoms with van der Waals surface area (Å²) in [7, 11) is 3.35. The van der Waals surface area contributed by atoms with E-state index in [-0.39, 0.29) is 0 Å². The van der Waals surface area contributed by atoms with E-state index in [0.717, 1.165) is 30.4 Å². The second-order valence-electron chi connectivity index (χ2n) is 5.40. The number of rotatable bonds is 9. The summed E-state index contributed by atoms with van der Waals surface area (Å²) in [6, 6.07) is 6.72. The molecule has 1 N–H and O–H groups in total. The van der Waals surface area contributed by atoms with E-state index in [0.29, 0.717) is 6.04 Å². The van der Waals surface area contributed by atoms with Crippen molar-refractivity contribution in [2.75, 3.05) is 20.8 Å². The van der Waals surface area contributed by atoms with Crippen LogP contribution in [0.4, 0.5) is 0 Å². The van der Waals surface area contributed by atoms with E-state index in [1.165, 1.54) is 18.4 Å². The third kappa shape index (κ3) is 5.04. The zero-order chi connectivity index (χ0) is 15.0. The van der Waals surface area contributed by atoms with Crippen molar-refractivity contribution in [3.05, 3.63) is 23.8 Å². The van der Waals surface area contributed by atoms with E-state index < -0.39 is 0 Å². The Bertz CT molecular complexity index is 393. The standard InChI is InChI=1S/C17H29NO2/c1-6-13(3)10-15(18-7-2)11-14-8-9-16(19-4)17(12-14)20-5/h8-9,12-13,15,18H,6-7,10-11H2,1-5H3. The van der Waals surface area contributed by atoms with E-state index in [4.69, 9.17) is 9.47 Å². The second kappa shape index (κ2) is 8.85. The highest BCUT2D eigenvalue weighted by molar-refractivity contribution is 5.43. The van der Waals surface area contributed by atoms with E-state index in [1.807, 2.05) is 6.07 Å². The first kappa shape index (κ1) is 16.8. The molecule has 3 heteroatoms. The molecule has 1 rings (SSSR count). The van der Waals surface area contributed by atoms with Crippen molar-refractivity contribution in [2.24, 2.45) is 5.92 Å². The fourth-order valence-electron chi connectivity index (χ4n) is 2.47. The number of hydrogen-bond donors (Lipinski definition) is 1. The summed E-state index contributed by atoms with van der Waals surface area (Å²) in [5.41, 5.74) is 1.29. The Kier molecular flexibility index (Phi) is 7.45. The zero-order valence-corrected chi connectivity index (χ0v) is 13.5. The highest BCUT2D eigenvalue weighted by Gasteiger charge is 2.13. The summed E-state index contributed by atoms with van der Waals surface area (Å²) < 4.78 is 10.7. The summed E-state index contributed by atoms with van der Waals surface area (Å²) in [5.74, 6) is 2.35. The van der Waals surface area contributed by atoms with E-state index >= 15 is 0 Å². The van der Waals surface area contributed by atoms with Crippen molar-refractivity contribution in [3.8, 4) is 11.5 Å². The first-order chi connectivity index (χ1) is 9.64. The predicted octanol–water partition coefficient (Wildman–Crippen LogP) is 3.66. The van der Waals surface area contributed by atoms with Crippen LogP contribution in [0.25, 0.3) is 0 Å². The molecule has 0 heterocycles. The van der Waals surface area contributed by atoms with Gasteiger partial charge in [-0.1, -0.05) is 33.3 Å². The van der Waals surface area contributed by atoms with Crippen LogP contribution in [0, 0.1) is 5.92 Å². The molecule has 20 heavy (non-hydrogen) atoms. The van der Waals surface area contributed by atoms with Gasteiger partial charge in [0.25, 0.3) is 0 Å². The Hall–Kier alpha value is -1.22. The minimum Gasteiger partial charge on any atom is -0.493 e. The van der Waals surface area contributed by atoms with Crippen molar-refractivity contribution in [1.82, 2.24) is 5.32 Å². The molecular formula is C17H29NO2. The number of likely N-dealkylation sites (N-methyl/N-ethyl adjacent to an activating group) is 1. The van der Waals surface area contributed by atoms with Gasteiger partial charge in [-0.05, 0) is 43.0 Å². The molecule has 0 saturated heterocycles. The van der Waals surface area contributed by atoms with Gasteiger partial charge in [0, 0.05) is 6.04 Å². The first-order valence-corrected chi connectivity index (χ1v) is 7.58. The fourth-order valence-corrected chi connectivity index (χ4v) is 2.47. The Morgan fingerprint density at radius 1 is 1.10 bits per heavy atom. The summed E-state index contributed by atoms with van der Waals surface area (Å²) >= 11 is 0. The van der Waals surface area contributed by atoms with Gasteiger partial charge in [-0.15, -0.1) is 0 Å². The van der Waals surface area contributed by atoms with Gasteiger partial charge in [0.15, 0.2) is 11.5 Å². The fraction of sp³-hybridized carbons (Fsp3) is 0.647. The number of methoxy groups -OCH3 is 2. The highest BCUT2D eigenvalue weighted by atomic mass is 16.5. The van der Waals surface area contributed by atoms with Crippen LogP contribution in [0.5, 0.6) is 11.5 Å². The molecule has 1 aromatic rings. The molecule has 1 aromatic carbocycles. The lowest BCUT2D eigenvalue weighted by Gasteiger charge is -2.21. The van der Waals surface area contributed by atoms with E-state index in [1.54, 1.807) is 14.2 Å². The normalized spacial score (nSPS) is 13.8.